The first-order valence-corrected chi connectivity index (χ1v) is 10.7. The van der Waals surface area contributed by atoms with Crippen molar-refractivity contribution >= 4 is 66.6 Å². The summed E-state index contributed by atoms with van der Waals surface area (Å²) in [4.78, 5) is 17.2. The summed E-state index contributed by atoms with van der Waals surface area (Å²) in [5.74, 6) is -9.71. The second kappa shape index (κ2) is 7.60. The average molecular weight is 620 g/mol. The number of carbonyl (C=O) groups excluding carboxylic acids is 1. The number of halogens is 7. The van der Waals surface area contributed by atoms with Gasteiger partial charge >= 0.3 is 18.0 Å². The van der Waals surface area contributed by atoms with E-state index >= 15 is 0 Å². The predicted molar refractivity (Wildman–Crippen MR) is 114 cm³/mol. The Hall–Kier alpha value is -1.81. The van der Waals surface area contributed by atoms with Gasteiger partial charge in [0.05, 0.1) is 26.4 Å². The summed E-state index contributed by atoms with van der Waals surface area (Å²) in [6.45, 7) is -1.69. The smallest absolute Gasteiger partial charge is 0.342 e. The minimum Gasteiger partial charge on any atom is -0.342 e. The number of anilines is 2. The standard InChI is InChI=1S/C18H10Br2ClF4N3O5/c19-8-4-10-13(12(20)11(8)14(29)7-3-6(22)1-2-9(7)21)28-15(27(10)5-16(23,24)25)26-17(30,31)18(28,32)33/h1-4,30-33H,5H2. The number of nitrogens with zero attached hydrogens (tertiary/aromatic N) is 3. The number of hydrogen-bond acceptors (Lipinski definition) is 8. The second-order valence-electron chi connectivity index (χ2n) is 7.09. The third-order valence-corrected chi connectivity index (χ3v) is 6.61. The Balaban J connectivity index is 1.97. The van der Waals surface area contributed by atoms with Gasteiger partial charge in [-0.25, -0.2) is 9.29 Å². The Kier molecular flexibility index (Phi) is 5.60. The predicted octanol–water partition coefficient (Wildman–Crippen LogP) is 3.07. The van der Waals surface area contributed by atoms with Crippen LogP contribution in [0, 0.1) is 5.82 Å². The summed E-state index contributed by atoms with van der Waals surface area (Å²) < 4.78 is 53.2. The average Bonchev–Trinajstić information content (AvgIpc) is 3.04. The van der Waals surface area contributed by atoms with Gasteiger partial charge in [0.2, 0.25) is 5.96 Å². The summed E-state index contributed by atoms with van der Waals surface area (Å²) in [6, 6.07) is 4.07. The van der Waals surface area contributed by atoms with Gasteiger partial charge in [-0.2, -0.15) is 18.2 Å². The quantitative estimate of drug-likeness (QED) is 0.237. The molecular formula is C18H10Br2ClF4N3O5. The molecule has 0 saturated heterocycles. The number of alkyl halides is 3. The molecule has 2 aromatic carbocycles. The van der Waals surface area contributed by atoms with Crippen LogP contribution < -0.4 is 9.80 Å². The van der Waals surface area contributed by atoms with Crippen LogP contribution in [0.5, 0.6) is 0 Å². The minimum absolute atomic E-state index is 0.0480. The molecule has 4 N–H and O–H groups in total. The number of ketones is 1. The number of aliphatic imine (C=N–C) groups is 1. The maximum absolute atomic E-state index is 13.7. The highest BCUT2D eigenvalue weighted by Gasteiger charge is 2.65. The lowest BCUT2D eigenvalue weighted by molar-refractivity contribution is -0.339. The third-order valence-electron chi connectivity index (χ3n) is 4.88. The molecule has 2 aliphatic heterocycles. The molecule has 4 rings (SSSR count). The fourth-order valence-electron chi connectivity index (χ4n) is 3.46. The van der Waals surface area contributed by atoms with Crippen molar-refractivity contribution in [3.05, 3.63) is 55.2 Å². The van der Waals surface area contributed by atoms with Crippen molar-refractivity contribution in [2.45, 2.75) is 18.0 Å². The molecule has 0 amide bonds. The lowest BCUT2D eigenvalue weighted by Crippen LogP contribution is -2.60. The van der Waals surface area contributed by atoms with Gasteiger partial charge in [0.15, 0.2) is 5.78 Å². The van der Waals surface area contributed by atoms with Crippen LogP contribution >= 0.6 is 43.5 Å². The van der Waals surface area contributed by atoms with E-state index in [2.05, 4.69) is 36.9 Å². The third kappa shape index (κ3) is 3.73. The van der Waals surface area contributed by atoms with E-state index in [1.54, 1.807) is 0 Å². The van der Waals surface area contributed by atoms with Gasteiger partial charge in [0.25, 0.3) is 0 Å². The molecule has 0 aromatic heterocycles. The number of rotatable bonds is 3. The molecule has 0 spiro atoms. The van der Waals surface area contributed by atoms with Gasteiger partial charge in [-0.15, -0.1) is 0 Å². The van der Waals surface area contributed by atoms with Gasteiger partial charge in [-0.1, -0.05) is 11.6 Å². The highest BCUT2D eigenvalue weighted by molar-refractivity contribution is 9.11. The van der Waals surface area contributed by atoms with Crippen LogP contribution in [-0.4, -0.2) is 56.7 Å². The molecule has 0 aliphatic carbocycles. The van der Waals surface area contributed by atoms with Crippen LogP contribution in [0.25, 0.3) is 0 Å². The molecule has 2 aliphatic rings. The second-order valence-corrected chi connectivity index (χ2v) is 9.14. The summed E-state index contributed by atoms with van der Waals surface area (Å²) in [5, 5.41) is 40.4. The lowest BCUT2D eigenvalue weighted by Gasteiger charge is -2.32. The maximum Gasteiger partial charge on any atom is 0.406 e. The van der Waals surface area contributed by atoms with E-state index in [1.165, 1.54) is 0 Å². The summed E-state index contributed by atoms with van der Waals surface area (Å²) >= 11 is 12.2. The fraction of sp³-hybridized carbons (Fsp3) is 0.222. The molecule has 0 fully saturated rings. The largest absolute Gasteiger partial charge is 0.406 e. The van der Waals surface area contributed by atoms with E-state index in [1.807, 2.05) is 0 Å². The first-order valence-electron chi connectivity index (χ1n) is 8.72. The van der Waals surface area contributed by atoms with Gasteiger partial charge in [0.1, 0.15) is 12.4 Å². The number of carbonyl (C=O) groups is 1. The zero-order chi connectivity index (χ0) is 24.7. The number of benzene rings is 2. The molecule has 33 heavy (non-hydrogen) atoms. The van der Waals surface area contributed by atoms with Crippen molar-refractivity contribution in [1.82, 2.24) is 0 Å². The van der Waals surface area contributed by atoms with Gasteiger partial charge in [-0.05, 0) is 56.1 Å². The van der Waals surface area contributed by atoms with Gasteiger partial charge < -0.3 is 25.3 Å². The molecule has 0 atom stereocenters. The van der Waals surface area contributed by atoms with E-state index in [0.29, 0.717) is 9.80 Å². The van der Waals surface area contributed by atoms with Crippen molar-refractivity contribution in [1.29, 1.82) is 0 Å². The molecule has 176 valence electrons. The lowest BCUT2D eigenvalue weighted by atomic mass is 10.0. The van der Waals surface area contributed by atoms with E-state index < -0.39 is 47.8 Å². The molecule has 2 aromatic rings. The monoisotopic (exact) mass is 617 g/mol. The molecule has 8 nitrogen and oxygen atoms in total. The zero-order valence-corrected chi connectivity index (χ0v) is 19.6. The van der Waals surface area contributed by atoms with Crippen LogP contribution in [0.1, 0.15) is 15.9 Å². The van der Waals surface area contributed by atoms with Gasteiger partial charge in [-0.3, -0.25) is 4.79 Å². The summed E-state index contributed by atoms with van der Waals surface area (Å²) in [6.07, 6.45) is -4.82. The van der Waals surface area contributed by atoms with Crippen LogP contribution in [0.3, 0.4) is 0 Å². The summed E-state index contributed by atoms with van der Waals surface area (Å²) in [5.41, 5.74) is -1.28. The SMILES string of the molecule is O=C(c1cc(F)ccc1Cl)c1c(Br)cc2c(c1Br)N1C(=NC(O)(O)C1(O)O)N2CC(F)(F)F. The van der Waals surface area contributed by atoms with Crippen LogP contribution in [-0.2, 0) is 0 Å². The summed E-state index contributed by atoms with van der Waals surface area (Å²) in [7, 11) is 0. The Morgan fingerprint density at radius 3 is 2.39 bits per heavy atom. The minimum atomic E-state index is -4.82. The number of hydrogen-bond donors (Lipinski definition) is 4. The number of fused-ring (bicyclic) bond motifs is 3. The van der Waals surface area contributed by atoms with E-state index in [4.69, 9.17) is 11.6 Å². The first-order chi connectivity index (χ1) is 15.1. The Labute approximate surface area is 203 Å². The van der Waals surface area contributed by atoms with Crippen LogP contribution in [0.4, 0.5) is 28.9 Å². The van der Waals surface area contributed by atoms with Crippen LogP contribution in [0.15, 0.2) is 38.2 Å². The Morgan fingerprint density at radius 2 is 1.79 bits per heavy atom. The molecule has 0 bridgehead atoms. The molecule has 15 heteroatoms. The molecule has 0 saturated carbocycles. The number of aliphatic hydroxyl groups is 4. The highest BCUT2D eigenvalue weighted by atomic mass is 79.9. The highest BCUT2D eigenvalue weighted by Crippen LogP contribution is 2.53. The topological polar surface area (TPSA) is 117 Å². The van der Waals surface area contributed by atoms with Crippen molar-refractivity contribution in [2.75, 3.05) is 16.3 Å². The van der Waals surface area contributed by atoms with E-state index in [0.717, 1.165) is 24.3 Å². The Morgan fingerprint density at radius 1 is 1.15 bits per heavy atom. The molecule has 2 heterocycles. The van der Waals surface area contributed by atoms with Gasteiger partial charge in [0, 0.05) is 10.0 Å². The zero-order valence-electron chi connectivity index (χ0n) is 15.7. The van der Waals surface area contributed by atoms with Crippen molar-refractivity contribution in [3.8, 4) is 0 Å². The maximum atomic E-state index is 13.7. The molecule has 0 unspecified atom stereocenters. The normalized spacial score (nSPS) is 18.3. The van der Waals surface area contributed by atoms with E-state index in [9.17, 15) is 42.8 Å². The van der Waals surface area contributed by atoms with Crippen molar-refractivity contribution in [2.24, 2.45) is 4.99 Å². The first kappa shape index (κ1) is 24.3. The van der Waals surface area contributed by atoms with Crippen molar-refractivity contribution < 1.29 is 42.8 Å². The van der Waals surface area contributed by atoms with Crippen molar-refractivity contribution in [3.63, 3.8) is 0 Å². The van der Waals surface area contributed by atoms with E-state index in [-0.39, 0.29) is 30.8 Å². The fourth-order valence-corrected chi connectivity index (χ4v) is 5.30. The Bertz CT molecular complexity index is 1240. The molecular weight excluding hydrogens is 609 g/mol. The molecule has 0 radical (unpaired) electrons. The van der Waals surface area contributed by atoms with Crippen LogP contribution in [0.2, 0.25) is 5.02 Å². The number of guanidine groups is 1.